The lowest BCUT2D eigenvalue weighted by Gasteiger charge is -2.39. The van der Waals surface area contributed by atoms with E-state index in [9.17, 15) is 4.79 Å². The second kappa shape index (κ2) is 5.89. The standard InChI is InChI=1S/C15H22N2O3/c1-15(2)9-12(7-8-20-15)17(3)10-11-5-4-6-13(16-11)14(18)19/h4-6,12H,7-10H2,1-3H3,(H,18,19)/t12-/m1/s1. The topological polar surface area (TPSA) is 62.7 Å². The van der Waals surface area contributed by atoms with E-state index in [0.717, 1.165) is 25.1 Å². The van der Waals surface area contributed by atoms with Crippen LogP contribution in [0.15, 0.2) is 18.2 Å². The van der Waals surface area contributed by atoms with Crippen LogP contribution >= 0.6 is 0 Å². The van der Waals surface area contributed by atoms with Crippen molar-refractivity contribution in [2.24, 2.45) is 0 Å². The van der Waals surface area contributed by atoms with Gasteiger partial charge in [0, 0.05) is 19.2 Å². The van der Waals surface area contributed by atoms with E-state index in [-0.39, 0.29) is 11.3 Å². The molecule has 1 atom stereocenters. The lowest BCUT2D eigenvalue weighted by Crippen LogP contribution is -2.44. The number of hydrogen-bond acceptors (Lipinski definition) is 4. The minimum atomic E-state index is -0.985. The molecule has 0 bridgehead atoms. The molecule has 5 heteroatoms. The molecule has 5 nitrogen and oxygen atoms in total. The zero-order valence-corrected chi connectivity index (χ0v) is 12.3. The minimum absolute atomic E-state index is 0.0898. The normalized spacial score (nSPS) is 21.9. The number of hydrogen-bond donors (Lipinski definition) is 1. The highest BCUT2D eigenvalue weighted by Crippen LogP contribution is 2.27. The van der Waals surface area contributed by atoms with E-state index in [0.29, 0.717) is 12.6 Å². The van der Waals surface area contributed by atoms with E-state index in [1.54, 1.807) is 6.07 Å². The van der Waals surface area contributed by atoms with Gasteiger partial charge < -0.3 is 9.84 Å². The van der Waals surface area contributed by atoms with Crippen molar-refractivity contribution >= 4 is 5.97 Å². The molecule has 0 aromatic carbocycles. The molecule has 1 saturated heterocycles. The zero-order valence-electron chi connectivity index (χ0n) is 12.3. The minimum Gasteiger partial charge on any atom is -0.477 e. The molecule has 0 spiro atoms. The van der Waals surface area contributed by atoms with Crippen molar-refractivity contribution in [3.8, 4) is 0 Å². The third-order valence-corrected chi connectivity index (χ3v) is 3.73. The molecule has 0 radical (unpaired) electrons. The van der Waals surface area contributed by atoms with Crippen LogP contribution in [0.1, 0.15) is 42.9 Å². The van der Waals surface area contributed by atoms with Gasteiger partial charge >= 0.3 is 5.97 Å². The number of rotatable bonds is 4. The number of aromatic carboxylic acids is 1. The summed E-state index contributed by atoms with van der Waals surface area (Å²) in [6.07, 6.45) is 1.97. The first-order valence-electron chi connectivity index (χ1n) is 6.91. The van der Waals surface area contributed by atoms with Crippen molar-refractivity contribution < 1.29 is 14.6 Å². The molecule has 20 heavy (non-hydrogen) atoms. The number of nitrogens with zero attached hydrogens (tertiary/aromatic N) is 2. The fraction of sp³-hybridized carbons (Fsp3) is 0.600. The van der Waals surface area contributed by atoms with E-state index in [4.69, 9.17) is 9.84 Å². The third-order valence-electron chi connectivity index (χ3n) is 3.73. The third kappa shape index (κ3) is 3.77. The summed E-state index contributed by atoms with van der Waals surface area (Å²) >= 11 is 0. The van der Waals surface area contributed by atoms with Crippen molar-refractivity contribution in [2.45, 2.75) is 44.9 Å². The number of ether oxygens (including phenoxy) is 1. The summed E-state index contributed by atoms with van der Waals surface area (Å²) in [5.74, 6) is -0.985. The van der Waals surface area contributed by atoms with Crippen LogP contribution < -0.4 is 0 Å². The Morgan fingerprint density at radius 3 is 2.95 bits per heavy atom. The van der Waals surface area contributed by atoms with Gasteiger partial charge in [-0.2, -0.15) is 0 Å². The average molecular weight is 278 g/mol. The Morgan fingerprint density at radius 2 is 2.30 bits per heavy atom. The quantitative estimate of drug-likeness (QED) is 0.914. The average Bonchev–Trinajstić information content (AvgIpc) is 2.37. The van der Waals surface area contributed by atoms with E-state index >= 15 is 0 Å². The maximum absolute atomic E-state index is 10.9. The van der Waals surface area contributed by atoms with Crippen LogP contribution in [0, 0.1) is 0 Å². The van der Waals surface area contributed by atoms with Gasteiger partial charge in [0.1, 0.15) is 5.69 Å². The smallest absolute Gasteiger partial charge is 0.354 e. The summed E-state index contributed by atoms with van der Waals surface area (Å²) in [5, 5.41) is 8.97. The number of pyridine rings is 1. The first-order chi connectivity index (χ1) is 9.37. The van der Waals surface area contributed by atoms with Crippen LogP contribution in [-0.2, 0) is 11.3 Å². The molecular formula is C15H22N2O3. The van der Waals surface area contributed by atoms with Crippen molar-refractivity contribution in [2.75, 3.05) is 13.7 Å². The van der Waals surface area contributed by atoms with Crippen LogP contribution in [-0.4, -0.2) is 46.3 Å². The first-order valence-corrected chi connectivity index (χ1v) is 6.91. The fourth-order valence-corrected chi connectivity index (χ4v) is 2.65. The van der Waals surface area contributed by atoms with E-state index in [1.165, 1.54) is 6.07 Å². The summed E-state index contributed by atoms with van der Waals surface area (Å²) in [6.45, 7) is 5.64. The number of carbonyl (C=O) groups is 1. The van der Waals surface area contributed by atoms with Crippen molar-refractivity contribution in [1.82, 2.24) is 9.88 Å². The summed E-state index contributed by atoms with van der Waals surface area (Å²) in [5.41, 5.74) is 0.799. The van der Waals surface area contributed by atoms with E-state index < -0.39 is 5.97 Å². The largest absolute Gasteiger partial charge is 0.477 e. The summed E-state index contributed by atoms with van der Waals surface area (Å²) in [4.78, 5) is 17.3. The van der Waals surface area contributed by atoms with Gasteiger partial charge in [-0.25, -0.2) is 9.78 Å². The van der Waals surface area contributed by atoms with Gasteiger partial charge in [-0.3, -0.25) is 4.90 Å². The van der Waals surface area contributed by atoms with Crippen LogP contribution in [0.4, 0.5) is 0 Å². The van der Waals surface area contributed by atoms with Crippen LogP contribution in [0.3, 0.4) is 0 Å². The molecule has 1 aromatic heterocycles. The van der Waals surface area contributed by atoms with Gasteiger partial charge in [0.15, 0.2) is 0 Å². The molecule has 2 heterocycles. The molecule has 1 fully saturated rings. The molecule has 110 valence electrons. The molecule has 0 saturated carbocycles. The number of carboxylic acids is 1. The van der Waals surface area contributed by atoms with Crippen LogP contribution in [0.5, 0.6) is 0 Å². The molecule has 2 rings (SSSR count). The molecule has 1 N–H and O–H groups in total. The second-order valence-electron chi connectivity index (χ2n) is 5.99. The summed E-state index contributed by atoms with van der Waals surface area (Å²) in [6, 6.07) is 5.57. The lowest BCUT2D eigenvalue weighted by atomic mass is 9.93. The fourth-order valence-electron chi connectivity index (χ4n) is 2.65. The Morgan fingerprint density at radius 1 is 1.55 bits per heavy atom. The molecule has 1 aliphatic rings. The van der Waals surface area contributed by atoms with Crippen LogP contribution in [0.2, 0.25) is 0 Å². The Balaban J connectivity index is 2.02. The summed E-state index contributed by atoms with van der Waals surface area (Å²) < 4.78 is 5.73. The number of aromatic nitrogens is 1. The van der Waals surface area contributed by atoms with Gasteiger partial charge in [-0.05, 0) is 45.9 Å². The Labute approximate surface area is 119 Å². The van der Waals surface area contributed by atoms with Crippen molar-refractivity contribution in [3.63, 3.8) is 0 Å². The predicted octanol–water partition coefficient (Wildman–Crippen LogP) is 2.17. The first kappa shape index (κ1) is 14.9. The van der Waals surface area contributed by atoms with Gasteiger partial charge in [0.25, 0.3) is 0 Å². The lowest BCUT2D eigenvalue weighted by molar-refractivity contribution is -0.0810. The van der Waals surface area contributed by atoms with Gasteiger partial charge in [-0.1, -0.05) is 6.07 Å². The highest BCUT2D eigenvalue weighted by atomic mass is 16.5. The van der Waals surface area contributed by atoms with Crippen molar-refractivity contribution in [1.29, 1.82) is 0 Å². The maximum Gasteiger partial charge on any atom is 0.354 e. The van der Waals surface area contributed by atoms with E-state index in [2.05, 4.69) is 30.8 Å². The van der Waals surface area contributed by atoms with Gasteiger partial charge in [0.2, 0.25) is 0 Å². The van der Waals surface area contributed by atoms with Crippen molar-refractivity contribution in [3.05, 3.63) is 29.6 Å². The predicted molar refractivity (Wildman–Crippen MR) is 75.7 cm³/mol. The Hall–Kier alpha value is -1.46. The SMILES string of the molecule is CN(Cc1cccc(C(=O)O)n1)[C@@H]1CCOC(C)(C)C1. The number of carboxylic acid groups (broad SMARTS) is 1. The highest BCUT2D eigenvalue weighted by molar-refractivity contribution is 5.85. The van der Waals surface area contributed by atoms with Crippen LogP contribution in [0.25, 0.3) is 0 Å². The molecule has 0 unspecified atom stereocenters. The summed E-state index contributed by atoms with van der Waals surface area (Å²) in [7, 11) is 2.06. The Bertz CT molecular complexity index is 488. The zero-order chi connectivity index (χ0) is 14.8. The molecular weight excluding hydrogens is 256 g/mol. The van der Waals surface area contributed by atoms with Gasteiger partial charge in [0.05, 0.1) is 11.3 Å². The highest BCUT2D eigenvalue weighted by Gasteiger charge is 2.31. The molecule has 1 aliphatic heterocycles. The monoisotopic (exact) mass is 278 g/mol. The molecule has 0 aliphatic carbocycles. The second-order valence-corrected chi connectivity index (χ2v) is 5.99. The van der Waals surface area contributed by atoms with Gasteiger partial charge in [-0.15, -0.1) is 0 Å². The molecule has 1 aromatic rings. The van der Waals surface area contributed by atoms with E-state index in [1.807, 2.05) is 6.07 Å². The molecule has 0 amide bonds. The maximum atomic E-state index is 10.9. The Kier molecular flexibility index (Phi) is 4.40.